The summed E-state index contributed by atoms with van der Waals surface area (Å²) in [6.45, 7) is 0.230. The predicted molar refractivity (Wildman–Crippen MR) is 102 cm³/mol. The summed E-state index contributed by atoms with van der Waals surface area (Å²) < 4.78 is 21.7. The molecule has 1 aliphatic rings. The second-order valence-electron chi connectivity index (χ2n) is 6.14. The van der Waals surface area contributed by atoms with Gasteiger partial charge in [-0.2, -0.15) is 4.98 Å². The van der Waals surface area contributed by atoms with E-state index in [9.17, 15) is 0 Å². The van der Waals surface area contributed by atoms with Gasteiger partial charge in [-0.1, -0.05) is 16.9 Å². The summed E-state index contributed by atoms with van der Waals surface area (Å²) in [5.74, 6) is 3.81. The second-order valence-corrected chi connectivity index (χ2v) is 7.19. The molecular weight excluding hydrogens is 394 g/mol. The molecule has 0 radical (unpaired) electrons. The van der Waals surface area contributed by atoms with E-state index in [1.165, 1.54) is 11.8 Å². The maximum absolute atomic E-state index is 5.73. The zero-order chi connectivity index (χ0) is 19.5. The molecule has 1 aliphatic heterocycles. The molecule has 146 valence electrons. The molecule has 0 fully saturated rings. The molecule has 0 spiro atoms. The van der Waals surface area contributed by atoms with Crippen molar-refractivity contribution in [2.75, 3.05) is 12.5 Å². The van der Waals surface area contributed by atoms with Gasteiger partial charge in [0, 0.05) is 35.7 Å². The van der Waals surface area contributed by atoms with Gasteiger partial charge in [-0.3, -0.25) is 4.98 Å². The number of hydrogen-bond acceptors (Lipinski definition) is 10. The Kier molecular flexibility index (Phi) is 4.83. The molecule has 0 N–H and O–H groups in total. The van der Waals surface area contributed by atoms with Crippen LogP contribution in [-0.2, 0) is 6.42 Å². The van der Waals surface area contributed by atoms with Gasteiger partial charge in [0.15, 0.2) is 11.5 Å². The van der Waals surface area contributed by atoms with Crippen LogP contribution in [0.2, 0.25) is 0 Å². The summed E-state index contributed by atoms with van der Waals surface area (Å²) in [7, 11) is 0. The molecule has 0 amide bonds. The Morgan fingerprint density at radius 1 is 0.966 bits per heavy atom. The number of ether oxygens (including phenoxy) is 2. The molecule has 0 aliphatic carbocycles. The zero-order valence-electron chi connectivity index (χ0n) is 15.1. The molecule has 9 nitrogen and oxygen atoms in total. The minimum atomic E-state index is 0.230. The summed E-state index contributed by atoms with van der Waals surface area (Å²) in [5, 5.41) is 12.7. The lowest BCUT2D eigenvalue weighted by Crippen LogP contribution is -1.92. The first-order valence-electron chi connectivity index (χ1n) is 8.94. The molecule has 0 saturated carbocycles. The first kappa shape index (κ1) is 17.7. The van der Waals surface area contributed by atoms with E-state index < -0.39 is 0 Å². The standard InChI is InChI=1S/C19H15N5O4S/c1(2-16-21-17(24-28-16)12-5-7-20-8-6-12)9-29-19-23-22-18(27-19)13-3-4-14-15(10-13)26-11-25-14/h3-8,10H,1-2,9,11H2. The highest BCUT2D eigenvalue weighted by Gasteiger charge is 2.17. The van der Waals surface area contributed by atoms with Crippen LogP contribution in [0.5, 0.6) is 11.5 Å². The monoisotopic (exact) mass is 409 g/mol. The number of hydrogen-bond donors (Lipinski definition) is 0. The first-order chi connectivity index (χ1) is 14.3. The first-order valence-corrected chi connectivity index (χ1v) is 9.93. The minimum Gasteiger partial charge on any atom is -0.454 e. The van der Waals surface area contributed by atoms with Crippen LogP contribution in [0.15, 0.2) is 56.9 Å². The molecule has 4 aromatic rings. The fraction of sp³-hybridized carbons (Fsp3) is 0.211. The third-order valence-electron chi connectivity index (χ3n) is 4.19. The quantitative estimate of drug-likeness (QED) is 0.331. The summed E-state index contributed by atoms with van der Waals surface area (Å²) in [4.78, 5) is 8.39. The van der Waals surface area contributed by atoms with E-state index in [1.54, 1.807) is 12.4 Å². The van der Waals surface area contributed by atoms with Crippen molar-refractivity contribution < 1.29 is 18.4 Å². The topological polar surface area (TPSA) is 109 Å². The Hall–Kier alpha value is -3.40. The average Bonchev–Trinajstić information content (AvgIpc) is 3.52. The number of aryl methyl sites for hydroxylation is 1. The average molecular weight is 409 g/mol. The van der Waals surface area contributed by atoms with Crippen LogP contribution in [0.25, 0.3) is 22.8 Å². The van der Waals surface area contributed by atoms with Crippen LogP contribution < -0.4 is 9.47 Å². The number of thioether (sulfide) groups is 1. The second kappa shape index (κ2) is 7.92. The van der Waals surface area contributed by atoms with E-state index in [0.717, 1.165) is 29.1 Å². The number of benzene rings is 1. The Bertz CT molecular complexity index is 1110. The summed E-state index contributed by atoms with van der Waals surface area (Å²) >= 11 is 1.49. The third kappa shape index (κ3) is 3.92. The molecule has 4 heterocycles. The van der Waals surface area contributed by atoms with E-state index in [1.807, 2.05) is 30.3 Å². The molecular formula is C19H15N5O4S. The summed E-state index contributed by atoms with van der Waals surface area (Å²) in [6.07, 6.45) is 4.91. The SMILES string of the molecule is c1cc(-c2noc(CCCSc3nnc(-c4ccc5c(c4)OCO5)o3)n2)ccn1. The van der Waals surface area contributed by atoms with Gasteiger partial charge in [0.2, 0.25) is 24.4 Å². The van der Waals surface area contributed by atoms with Crippen molar-refractivity contribution >= 4 is 11.8 Å². The smallest absolute Gasteiger partial charge is 0.276 e. The normalized spacial score (nSPS) is 12.4. The third-order valence-corrected chi connectivity index (χ3v) is 5.10. The van der Waals surface area contributed by atoms with E-state index in [2.05, 4.69) is 25.3 Å². The number of nitrogens with zero attached hydrogens (tertiary/aromatic N) is 5. The van der Waals surface area contributed by atoms with Crippen LogP contribution >= 0.6 is 11.8 Å². The lowest BCUT2D eigenvalue weighted by atomic mass is 10.2. The molecule has 3 aromatic heterocycles. The van der Waals surface area contributed by atoms with E-state index >= 15 is 0 Å². The molecule has 29 heavy (non-hydrogen) atoms. The fourth-order valence-electron chi connectivity index (χ4n) is 2.77. The van der Waals surface area contributed by atoms with E-state index in [-0.39, 0.29) is 6.79 Å². The van der Waals surface area contributed by atoms with E-state index in [0.29, 0.717) is 35.0 Å². The van der Waals surface area contributed by atoms with Gasteiger partial charge in [-0.05, 0) is 36.8 Å². The van der Waals surface area contributed by atoms with Gasteiger partial charge in [0.05, 0.1) is 0 Å². The van der Waals surface area contributed by atoms with Crippen LogP contribution in [0.1, 0.15) is 12.3 Å². The molecule has 1 aromatic carbocycles. The highest BCUT2D eigenvalue weighted by atomic mass is 32.2. The lowest BCUT2D eigenvalue weighted by molar-refractivity contribution is 0.174. The number of fused-ring (bicyclic) bond motifs is 1. The Labute approximate surface area is 169 Å². The van der Waals surface area contributed by atoms with Gasteiger partial charge in [-0.25, -0.2) is 0 Å². The van der Waals surface area contributed by atoms with Crippen molar-refractivity contribution in [3.8, 4) is 34.3 Å². The number of rotatable bonds is 7. The van der Waals surface area contributed by atoms with E-state index in [4.69, 9.17) is 18.4 Å². The van der Waals surface area contributed by atoms with Gasteiger partial charge >= 0.3 is 0 Å². The Balaban J connectivity index is 1.14. The number of aromatic nitrogens is 5. The molecule has 10 heteroatoms. The summed E-state index contributed by atoms with van der Waals surface area (Å²) in [6, 6.07) is 9.22. The van der Waals surface area contributed by atoms with Crippen LogP contribution in [0.3, 0.4) is 0 Å². The molecule has 0 atom stereocenters. The highest BCUT2D eigenvalue weighted by molar-refractivity contribution is 7.99. The van der Waals surface area contributed by atoms with Crippen molar-refractivity contribution in [2.45, 2.75) is 18.1 Å². The van der Waals surface area contributed by atoms with Crippen molar-refractivity contribution in [1.82, 2.24) is 25.3 Å². The van der Waals surface area contributed by atoms with Gasteiger partial charge < -0.3 is 18.4 Å². The predicted octanol–water partition coefficient (Wildman–Crippen LogP) is 3.64. The molecule has 0 unspecified atom stereocenters. The van der Waals surface area contributed by atoms with Crippen LogP contribution in [0.4, 0.5) is 0 Å². The molecule has 0 bridgehead atoms. The van der Waals surface area contributed by atoms with Gasteiger partial charge in [0.1, 0.15) is 0 Å². The van der Waals surface area contributed by atoms with Crippen LogP contribution in [-0.4, -0.2) is 37.9 Å². The zero-order valence-corrected chi connectivity index (χ0v) is 16.0. The summed E-state index contributed by atoms with van der Waals surface area (Å²) in [5.41, 5.74) is 1.68. The Morgan fingerprint density at radius 2 is 1.86 bits per heavy atom. The lowest BCUT2D eigenvalue weighted by Gasteiger charge is -1.98. The van der Waals surface area contributed by atoms with Crippen LogP contribution in [0, 0.1) is 0 Å². The Morgan fingerprint density at radius 3 is 2.79 bits per heavy atom. The van der Waals surface area contributed by atoms with Gasteiger partial charge in [0.25, 0.3) is 5.22 Å². The maximum Gasteiger partial charge on any atom is 0.276 e. The van der Waals surface area contributed by atoms with Gasteiger partial charge in [-0.15, -0.1) is 10.2 Å². The van der Waals surface area contributed by atoms with Crippen molar-refractivity contribution in [2.24, 2.45) is 0 Å². The maximum atomic E-state index is 5.73. The van der Waals surface area contributed by atoms with Crippen molar-refractivity contribution in [1.29, 1.82) is 0 Å². The highest BCUT2D eigenvalue weighted by Crippen LogP contribution is 2.36. The largest absolute Gasteiger partial charge is 0.454 e. The molecule has 5 rings (SSSR count). The molecule has 0 saturated heterocycles. The fourth-order valence-corrected chi connectivity index (χ4v) is 3.47. The minimum absolute atomic E-state index is 0.230. The van der Waals surface area contributed by atoms with Crippen molar-refractivity contribution in [3.05, 3.63) is 48.6 Å². The number of pyridine rings is 1. The van der Waals surface area contributed by atoms with Crippen molar-refractivity contribution in [3.63, 3.8) is 0 Å².